The summed E-state index contributed by atoms with van der Waals surface area (Å²) in [5, 5.41) is 0.978. The van der Waals surface area contributed by atoms with Crippen LogP contribution in [0, 0.1) is 13.8 Å². The fourth-order valence-corrected chi connectivity index (χ4v) is 2.74. The molecule has 2 N–H and O–H groups in total. The van der Waals surface area contributed by atoms with Crippen molar-refractivity contribution in [3.8, 4) is 11.5 Å². The van der Waals surface area contributed by atoms with E-state index >= 15 is 0 Å². The number of methoxy groups -OCH3 is 1. The van der Waals surface area contributed by atoms with Crippen LogP contribution in [0.4, 0.5) is 0 Å². The lowest BCUT2D eigenvalue weighted by molar-refractivity contribution is 0.283. The Morgan fingerprint density at radius 3 is 2.65 bits per heavy atom. The van der Waals surface area contributed by atoms with Crippen LogP contribution in [0.3, 0.4) is 0 Å². The van der Waals surface area contributed by atoms with Gasteiger partial charge in [0.05, 0.1) is 12.8 Å². The maximum absolute atomic E-state index is 5.85. The highest BCUT2D eigenvalue weighted by molar-refractivity contribution is 7.11. The van der Waals surface area contributed by atoms with Crippen LogP contribution in [-0.4, -0.2) is 18.6 Å². The number of hydrogen-bond donors (Lipinski definition) is 1. The Kier molecular flexibility index (Phi) is 4.98. The summed E-state index contributed by atoms with van der Waals surface area (Å²) in [6.07, 6.45) is 0.829. The molecule has 0 saturated heterocycles. The number of nitrogens with zero attached hydrogens (tertiary/aromatic N) is 1. The summed E-state index contributed by atoms with van der Waals surface area (Å²) in [5.74, 6) is 1.47. The molecule has 0 unspecified atom stereocenters. The first kappa shape index (κ1) is 14.8. The minimum absolute atomic E-state index is 0.460. The number of hydrogen-bond acceptors (Lipinski definition) is 5. The van der Waals surface area contributed by atoms with E-state index in [-0.39, 0.29) is 0 Å². The summed E-state index contributed by atoms with van der Waals surface area (Å²) in [5.41, 5.74) is 7.80. The van der Waals surface area contributed by atoms with Crippen LogP contribution in [0.1, 0.15) is 21.1 Å². The first-order valence-corrected chi connectivity index (χ1v) is 7.38. The molecule has 0 atom stereocenters. The van der Waals surface area contributed by atoms with E-state index in [2.05, 4.69) is 11.9 Å². The molecule has 1 aromatic heterocycles. The molecule has 0 aliphatic carbocycles. The van der Waals surface area contributed by atoms with Crippen molar-refractivity contribution >= 4 is 11.3 Å². The van der Waals surface area contributed by atoms with E-state index < -0.39 is 0 Å². The number of rotatable bonds is 6. The topological polar surface area (TPSA) is 57.4 Å². The van der Waals surface area contributed by atoms with E-state index in [1.807, 2.05) is 25.1 Å². The lowest BCUT2D eigenvalue weighted by atomic mass is 10.1. The summed E-state index contributed by atoms with van der Waals surface area (Å²) in [7, 11) is 1.64. The van der Waals surface area contributed by atoms with Crippen molar-refractivity contribution < 1.29 is 9.47 Å². The van der Waals surface area contributed by atoms with Gasteiger partial charge in [0, 0.05) is 4.88 Å². The van der Waals surface area contributed by atoms with E-state index in [1.54, 1.807) is 18.4 Å². The molecule has 1 heterocycles. The Hall–Kier alpha value is -1.59. The highest BCUT2D eigenvalue weighted by Crippen LogP contribution is 2.29. The zero-order valence-electron chi connectivity index (χ0n) is 12.1. The van der Waals surface area contributed by atoms with Crippen molar-refractivity contribution in [2.24, 2.45) is 5.73 Å². The number of thiazole rings is 1. The van der Waals surface area contributed by atoms with Crippen molar-refractivity contribution in [1.29, 1.82) is 0 Å². The second-order valence-electron chi connectivity index (χ2n) is 4.56. The minimum atomic E-state index is 0.460. The van der Waals surface area contributed by atoms with Crippen molar-refractivity contribution in [2.75, 3.05) is 13.7 Å². The fraction of sp³-hybridized carbons (Fsp3) is 0.400. The molecule has 4 nitrogen and oxygen atoms in total. The molecule has 0 aliphatic heterocycles. The van der Waals surface area contributed by atoms with Gasteiger partial charge in [-0.15, -0.1) is 11.3 Å². The van der Waals surface area contributed by atoms with Gasteiger partial charge in [0.15, 0.2) is 11.5 Å². The smallest absolute Gasteiger partial charge is 0.162 e. The first-order chi connectivity index (χ1) is 9.63. The number of aryl methyl sites for hydroxylation is 2. The summed E-state index contributed by atoms with van der Waals surface area (Å²) < 4.78 is 11.2. The zero-order chi connectivity index (χ0) is 14.5. The summed E-state index contributed by atoms with van der Waals surface area (Å²) >= 11 is 1.66. The SMILES string of the molecule is COc1ccc(CCN)cc1OCc1nc(C)c(C)s1. The monoisotopic (exact) mass is 292 g/mol. The van der Waals surface area contributed by atoms with Crippen LogP contribution in [0.5, 0.6) is 11.5 Å². The normalized spacial score (nSPS) is 10.6. The molecular formula is C15H20N2O2S. The lowest BCUT2D eigenvalue weighted by Crippen LogP contribution is -2.04. The highest BCUT2D eigenvalue weighted by atomic mass is 32.1. The molecule has 2 aromatic rings. The molecule has 0 saturated carbocycles. The van der Waals surface area contributed by atoms with Crippen molar-refractivity contribution in [3.63, 3.8) is 0 Å². The van der Waals surface area contributed by atoms with Crippen LogP contribution in [0.2, 0.25) is 0 Å². The number of ether oxygens (including phenoxy) is 2. The summed E-state index contributed by atoms with van der Waals surface area (Å²) in [6, 6.07) is 5.91. The molecule has 0 aliphatic rings. The quantitative estimate of drug-likeness (QED) is 0.889. The summed E-state index contributed by atoms with van der Waals surface area (Å²) in [4.78, 5) is 5.70. The van der Waals surface area contributed by atoms with Crippen LogP contribution in [0.25, 0.3) is 0 Å². The average Bonchev–Trinajstić information content (AvgIpc) is 2.76. The predicted octanol–water partition coefficient (Wildman–Crippen LogP) is 2.85. The molecule has 1 aromatic carbocycles. The molecule has 0 bridgehead atoms. The van der Waals surface area contributed by atoms with Crippen molar-refractivity contribution in [1.82, 2.24) is 4.98 Å². The van der Waals surface area contributed by atoms with E-state index in [9.17, 15) is 0 Å². The van der Waals surface area contributed by atoms with Gasteiger partial charge in [-0.2, -0.15) is 0 Å². The van der Waals surface area contributed by atoms with Crippen molar-refractivity contribution in [2.45, 2.75) is 26.9 Å². The molecule has 0 radical (unpaired) electrons. The predicted molar refractivity (Wildman–Crippen MR) is 81.7 cm³/mol. The lowest BCUT2D eigenvalue weighted by Gasteiger charge is -2.11. The Balaban J connectivity index is 2.12. The van der Waals surface area contributed by atoms with Gasteiger partial charge in [0.1, 0.15) is 11.6 Å². The average molecular weight is 292 g/mol. The van der Waals surface area contributed by atoms with Gasteiger partial charge >= 0.3 is 0 Å². The van der Waals surface area contributed by atoms with Crippen LogP contribution in [-0.2, 0) is 13.0 Å². The Morgan fingerprint density at radius 1 is 1.25 bits per heavy atom. The minimum Gasteiger partial charge on any atom is -0.493 e. The van der Waals surface area contributed by atoms with Crippen LogP contribution >= 0.6 is 11.3 Å². The van der Waals surface area contributed by atoms with Crippen LogP contribution in [0.15, 0.2) is 18.2 Å². The maximum Gasteiger partial charge on any atom is 0.162 e. The van der Waals surface area contributed by atoms with Gasteiger partial charge in [-0.05, 0) is 44.5 Å². The van der Waals surface area contributed by atoms with Crippen LogP contribution < -0.4 is 15.2 Å². The molecule has 108 valence electrons. The number of aromatic nitrogens is 1. The molecule has 20 heavy (non-hydrogen) atoms. The second-order valence-corrected chi connectivity index (χ2v) is 5.85. The Labute approximate surface area is 123 Å². The van der Waals surface area contributed by atoms with Crippen molar-refractivity contribution in [3.05, 3.63) is 39.3 Å². The third-order valence-corrected chi connectivity index (χ3v) is 4.13. The fourth-order valence-electron chi connectivity index (χ4n) is 1.90. The highest BCUT2D eigenvalue weighted by Gasteiger charge is 2.09. The zero-order valence-corrected chi connectivity index (χ0v) is 12.9. The second kappa shape index (κ2) is 6.72. The van der Waals surface area contributed by atoms with Gasteiger partial charge in [-0.25, -0.2) is 4.98 Å². The third-order valence-electron chi connectivity index (χ3n) is 3.09. The first-order valence-electron chi connectivity index (χ1n) is 6.56. The van der Waals surface area contributed by atoms with Gasteiger partial charge < -0.3 is 15.2 Å². The number of benzene rings is 1. The van der Waals surface area contributed by atoms with Gasteiger partial charge in [-0.3, -0.25) is 0 Å². The molecule has 5 heteroatoms. The largest absolute Gasteiger partial charge is 0.493 e. The van der Waals surface area contributed by atoms with Gasteiger partial charge in [-0.1, -0.05) is 6.07 Å². The van der Waals surface area contributed by atoms with Gasteiger partial charge in [0.25, 0.3) is 0 Å². The molecule has 2 rings (SSSR count). The third kappa shape index (κ3) is 3.49. The Bertz CT molecular complexity index is 562. The van der Waals surface area contributed by atoms with E-state index in [4.69, 9.17) is 15.2 Å². The van der Waals surface area contributed by atoms with Gasteiger partial charge in [0.2, 0.25) is 0 Å². The molecular weight excluding hydrogens is 272 g/mol. The molecule has 0 amide bonds. The van der Waals surface area contributed by atoms with E-state index in [1.165, 1.54) is 4.88 Å². The van der Waals surface area contributed by atoms with E-state index in [0.29, 0.717) is 13.2 Å². The maximum atomic E-state index is 5.85. The van der Waals surface area contributed by atoms with E-state index in [0.717, 1.165) is 34.2 Å². The molecule has 0 fully saturated rings. The number of nitrogens with two attached hydrogens (primary N) is 1. The summed E-state index contributed by atoms with van der Waals surface area (Å²) in [6.45, 7) is 5.16. The Morgan fingerprint density at radius 2 is 2.05 bits per heavy atom. The molecule has 0 spiro atoms. The standard InChI is InChI=1S/C15H20N2O2S/c1-10-11(2)20-15(17-10)9-19-14-8-12(6-7-16)4-5-13(14)18-3/h4-5,8H,6-7,9,16H2,1-3H3.